The van der Waals surface area contributed by atoms with Gasteiger partial charge in [-0.1, -0.05) is 0 Å². The van der Waals surface area contributed by atoms with Crippen LogP contribution in [0.5, 0.6) is 0 Å². The molecule has 0 unspecified atom stereocenters. The van der Waals surface area contributed by atoms with Crippen molar-refractivity contribution in [2.24, 2.45) is 10.2 Å². The molecule has 0 saturated heterocycles. The third-order valence-electron chi connectivity index (χ3n) is 1.11. The van der Waals surface area contributed by atoms with Crippen LogP contribution in [-0.4, -0.2) is 34.9 Å². The first-order chi connectivity index (χ1) is 4.36. The van der Waals surface area contributed by atoms with Crippen LogP contribution < -0.4 is 0 Å². The Bertz CT molecular complexity index is 144. The fraction of sp³-hybridized carbons (Fsp3) is 0.600. The summed E-state index contributed by atoms with van der Waals surface area (Å²) in [4.78, 5) is 0. The van der Waals surface area contributed by atoms with Gasteiger partial charge in [0.2, 0.25) is 0 Å². The molecule has 1 rings (SSSR count). The Kier molecular flexibility index (Phi) is 1.92. The van der Waals surface area contributed by atoms with E-state index < -0.39 is 0 Å². The fourth-order valence-electron chi connectivity index (χ4n) is 0.623. The van der Waals surface area contributed by atoms with Gasteiger partial charge in [0.05, 0.1) is 24.6 Å². The highest BCUT2D eigenvalue weighted by Gasteiger charge is 2.08. The van der Waals surface area contributed by atoms with E-state index in [0.29, 0.717) is 17.8 Å². The van der Waals surface area contributed by atoms with Crippen molar-refractivity contribution in [2.45, 2.75) is 6.42 Å². The lowest BCUT2D eigenvalue weighted by Crippen LogP contribution is -2.08. The van der Waals surface area contributed by atoms with Crippen LogP contribution in [0.15, 0.2) is 10.2 Å². The van der Waals surface area contributed by atoms with E-state index in [4.69, 9.17) is 10.2 Å². The van der Waals surface area contributed by atoms with Crippen molar-refractivity contribution >= 4 is 11.4 Å². The highest BCUT2D eigenvalue weighted by atomic mass is 16.3. The van der Waals surface area contributed by atoms with Crippen LogP contribution in [0.3, 0.4) is 0 Å². The monoisotopic (exact) mass is 128 g/mol. The van der Waals surface area contributed by atoms with Crippen LogP contribution in [0, 0.1) is 0 Å². The minimum absolute atomic E-state index is 0.0625. The molecule has 50 valence electrons. The number of rotatable bonds is 2. The molecule has 9 heavy (non-hydrogen) atoms. The molecule has 0 aliphatic carbocycles. The lowest BCUT2D eigenvalue weighted by molar-refractivity contribution is 0.353. The summed E-state index contributed by atoms with van der Waals surface area (Å²) in [5.41, 5.74) is 1.25. The lowest BCUT2D eigenvalue weighted by Gasteiger charge is -1.90. The van der Waals surface area contributed by atoms with Gasteiger partial charge in [0.15, 0.2) is 0 Å². The van der Waals surface area contributed by atoms with Gasteiger partial charge in [-0.2, -0.15) is 10.2 Å². The molecule has 0 aromatic heterocycles. The minimum Gasteiger partial charge on any atom is -0.390 e. The van der Waals surface area contributed by atoms with Crippen LogP contribution >= 0.6 is 0 Å². The summed E-state index contributed by atoms with van der Waals surface area (Å²) >= 11 is 0. The molecule has 1 aliphatic heterocycles. The maximum Gasteiger partial charge on any atom is 0.0836 e. The van der Waals surface area contributed by atoms with Gasteiger partial charge in [-0.25, -0.2) is 0 Å². The van der Waals surface area contributed by atoms with Gasteiger partial charge in [-0.3, -0.25) is 0 Å². The SMILES string of the molecule is OCC1=NN=C(CO)C1. The van der Waals surface area contributed by atoms with Crippen molar-refractivity contribution in [3.63, 3.8) is 0 Å². The molecule has 0 fully saturated rings. The molecule has 0 atom stereocenters. The molecule has 0 aromatic carbocycles. The van der Waals surface area contributed by atoms with Gasteiger partial charge >= 0.3 is 0 Å². The Labute approximate surface area is 52.5 Å². The molecule has 0 saturated carbocycles. The standard InChI is InChI=1S/C5H8N2O2/c8-2-4-1-5(3-9)7-6-4/h8-9H,1-3H2. The van der Waals surface area contributed by atoms with Crippen molar-refractivity contribution in [2.75, 3.05) is 13.2 Å². The first-order valence-electron chi connectivity index (χ1n) is 2.69. The topological polar surface area (TPSA) is 65.2 Å². The average Bonchev–Trinajstić information content (AvgIpc) is 2.34. The second kappa shape index (κ2) is 2.70. The molecule has 1 heterocycles. The van der Waals surface area contributed by atoms with Gasteiger partial charge in [0, 0.05) is 6.42 Å². The highest BCUT2D eigenvalue weighted by Crippen LogP contribution is 2.00. The second-order valence-electron chi connectivity index (χ2n) is 1.83. The van der Waals surface area contributed by atoms with E-state index in [0.717, 1.165) is 0 Å². The Morgan fingerprint density at radius 1 is 1.11 bits per heavy atom. The van der Waals surface area contributed by atoms with Crippen molar-refractivity contribution < 1.29 is 10.2 Å². The summed E-state index contributed by atoms with van der Waals surface area (Å²) in [5, 5.41) is 24.2. The minimum atomic E-state index is -0.0625. The summed E-state index contributed by atoms with van der Waals surface area (Å²) in [6.07, 6.45) is 0.521. The van der Waals surface area contributed by atoms with Crippen molar-refractivity contribution in [3.05, 3.63) is 0 Å². The molecule has 4 heteroatoms. The average molecular weight is 128 g/mol. The largest absolute Gasteiger partial charge is 0.390 e. The Hall–Kier alpha value is -0.740. The summed E-state index contributed by atoms with van der Waals surface area (Å²) in [5.74, 6) is 0. The fourth-order valence-corrected chi connectivity index (χ4v) is 0.623. The predicted octanol–water partition coefficient (Wildman–Crippen LogP) is -0.828. The van der Waals surface area contributed by atoms with E-state index in [-0.39, 0.29) is 13.2 Å². The molecule has 4 nitrogen and oxygen atoms in total. The molecule has 0 amide bonds. The van der Waals surface area contributed by atoms with E-state index in [1.54, 1.807) is 0 Å². The highest BCUT2D eigenvalue weighted by molar-refractivity contribution is 6.08. The first kappa shape index (κ1) is 6.38. The van der Waals surface area contributed by atoms with Crippen molar-refractivity contribution in [1.82, 2.24) is 0 Å². The van der Waals surface area contributed by atoms with Gasteiger partial charge < -0.3 is 10.2 Å². The van der Waals surface area contributed by atoms with Crippen LogP contribution in [0.1, 0.15) is 6.42 Å². The zero-order valence-corrected chi connectivity index (χ0v) is 4.91. The molecular formula is C5H8N2O2. The van der Waals surface area contributed by atoms with E-state index in [1.807, 2.05) is 0 Å². The number of nitrogens with zero attached hydrogens (tertiary/aromatic N) is 2. The maximum absolute atomic E-state index is 8.49. The number of aliphatic hydroxyl groups excluding tert-OH is 2. The van der Waals surface area contributed by atoms with Crippen LogP contribution in [0.2, 0.25) is 0 Å². The summed E-state index contributed by atoms with van der Waals surface area (Å²) < 4.78 is 0. The van der Waals surface area contributed by atoms with Crippen LogP contribution in [0.4, 0.5) is 0 Å². The maximum atomic E-state index is 8.49. The summed E-state index contributed by atoms with van der Waals surface area (Å²) in [6, 6.07) is 0. The third kappa shape index (κ3) is 1.34. The number of aliphatic hydroxyl groups is 2. The molecule has 0 radical (unpaired) electrons. The van der Waals surface area contributed by atoms with Gasteiger partial charge in [0.1, 0.15) is 0 Å². The van der Waals surface area contributed by atoms with Crippen molar-refractivity contribution in [3.8, 4) is 0 Å². The molecule has 0 aromatic rings. The second-order valence-corrected chi connectivity index (χ2v) is 1.83. The van der Waals surface area contributed by atoms with E-state index >= 15 is 0 Å². The van der Waals surface area contributed by atoms with Gasteiger partial charge in [0.25, 0.3) is 0 Å². The van der Waals surface area contributed by atoms with E-state index in [2.05, 4.69) is 10.2 Å². The smallest absolute Gasteiger partial charge is 0.0836 e. The molecule has 0 bridgehead atoms. The summed E-state index contributed by atoms with van der Waals surface area (Å²) in [7, 11) is 0. The Morgan fingerprint density at radius 3 is 1.78 bits per heavy atom. The first-order valence-corrected chi connectivity index (χ1v) is 2.69. The predicted molar refractivity (Wildman–Crippen MR) is 33.7 cm³/mol. The Balaban J connectivity index is 2.43. The normalized spacial score (nSPS) is 17.6. The van der Waals surface area contributed by atoms with Gasteiger partial charge in [-0.15, -0.1) is 0 Å². The van der Waals surface area contributed by atoms with E-state index in [1.165, 1.54) is 0 Å². The molecule has 0 spiro atoms. The lowest BCUT2D eigenvalue weighted by atomic mass is 10.2. The molecule has 1 aliphatic rings. The van der Waals surface area contributed by atoms with Crippen LogP contribution in [-0.2, 0) is 0 Å². The van der Waals surface area contributed by atoms with E-state index in [9.17, 15) is 0 Å². The molecular weight excluding hydrogens is 120 g/mol. The summed E-state index contributed by atoms with van der Waals surface area (Å²) in [6.45, 7) is -0.125. The number of hydrogen-bond acceptors (Lipinski definition) is 4. The third-order valence-corrected chi connectivity index (χ3v) is 1.11. The zero-order valence-electron chi connectivity index (χ0n) is 4.91. The zero-order chi connectivity index (χ0) is 6.69. The number of hydrogen-bond donors (Lipinski definition) is 2. The van der Waals surface area contributed by atoms with Crippen molar-refractivity contribution in [1.29, 1.82) is 0 Å². The Morgan fingerprint density at radius 2 is 1.56 bits per heavy atom. The van der Waals surface area contributed by atoms with Gasteiger partial charge in [-0.05, 0) is 0 Å². The quantitative estimate of drug-likeness (QED) is 0.510. The molecule has 2 N–H and O–H groups in total. The van der Waals surface area contributed by atoms with Crippen LogP contribution in [0.25, 0.3) is 0 Å².